The van der Waals surface area contributed by atoms with Crippen LogP contribution < -0.4 is 10.6 Å². The maximum Gasteiger partial charge on any atom is 0.326 e. The van der Waals surface area contributed by atoms with Crippen LogP contribution in [-0.2, 0) is 14.4 Å². The van der Waals surface area contributed by atoms with E-state index in [0.717, 1.165) is 25.7 Å². The summed E-state index contributed by atoms with van der Waals surface area (Å²) in [7, 11) is 0. The largest absolute Gasteiger partial charge is 0.480 e. The number of aliphatic carboxylic acids is 1. The van der Waals surface area contributed by atoms with E-state index in [1.165, 1.54) is 0 Å². The standard InChI is InChI=1S/C14H24N2O4/c1-8(2)11(14(19)20)16-12(17)9(3)15-13(18)10-6-4-5-7-10/h8-11H,4-7H2,1-3H3,(H,15,18)(H,16,17)(H,19,20)/t9?,11-/m0/s1. The van der Waals surface area contributed by atoms with Crippen LogP contribution in [-0.4, -0.2) is 35.0 Å². The number of carbonyl (C=O) groups excluding carboxylic acids is 2. The molecule has 114 valence electrons. The Labute approximate surface area is 119 Å². The van der Waals surface area contributed by atoms with E-state index in [1.807, 2.05) is 0 Å². The molecule has 0 aliphatic heterocycles. The van der Waals surface area contributed by atoms with Crippen LogP contribution in [0.3, 0.4) is 0 Å². The zero-order valence-corrected chi connectivity index (χ0v) is 12.3. The minimum Gasteiger partial charge on any atom is -0.480 e. The fraction of sp³-hybridized carbons (Fsp3) is 0.786. The van der Waals surface area contributed by atoms with Crippen molar-refractivity contribution >= 4 is 17.8 Å². The van der Waals surface area contributed by atoms with Gasteiger partial charge in [0.15, 0.2) is 0 Å². The molecule has 2 amide bonds. The van der Waals surface area contributed by atoms with Crippen molar-refractivity contribution in [1.29, 1.82) is 0 Å². The number of carbonyl (C=O) groups is 3. The molecule has 20 heavy (non-hydrogen) atoms. The molecule has 3 N–H and O–H groups in total. The van der Waals surface area contributed by atoms with Gasteiger partial charge in [-0.2, -0.15) is 0 Å². The molecule has 0 aromatic heterocycles. The van der Waals surface area contributed by atoms with Crippen molar-refractivity contribution in [3.8, 4) is 0 Å². The Hall–Kier alpha value is -1.59. The zero-order valence-electron chi connectivity index (χ0n) is 12.3. The van der Waals surface area contributed by atoms with Crippen LogP contribution >= 0.6 is 0 Å². The molecule has 1 unspecified atom stereocenters. The molecule has 1 saturated carbocycles. The first kappa shape index (κ1) is 16.5. The number of nitrogens with one attached hydrogen (secondary N) is 2. The van der Waals surface area contributed by atoms with Gasteiger partial charge in [-0.15, -0.1) is 0 Å². The number of carboxylic acids is 1. The van der Waals surface area contributed by atoms with Crippen LogP contribution in [0.5, 0.6) is 0 Å². The number of hydrogen-bond donors (Lipinski definition) is 3. The van der Waals surface area contributed by atoms with E-state index in [4.69, 9.17) is 5.11 Å². The molecule has 0 spiro atoms. The average molecular weight is 284 g/mol. The molecule has 0 bridgehead atoms. The highest BCUT2D eigenvalue weighted by Crippen LogP contribution is 2.24. The highest BCUT2D eigenvalue weighted by molar-refractivity contribution is 5.90. The van der Waals surface area contributed by atoms with Crippen molar-refractivity contribution in [2.75, 3.05) is 0 Å². The van der Waals surface area contributed by atoms with Gasteiger partial charge in [-0.05, 0) is 25.7 Å². The van der Waals surface area contributed by atoms with Gasteiger partial charge in [0.1, 0.15) is 12.1 Å². The second kappa shape index (κ2) is 7.26. The number of rotatable bonds is 6. The molecule has 1 fully saturated rings. The van der Waals surface area contributed by atoms with E-state index in [0.29, 0.717) is 0 Å². The molecule has 0 heterocycles. The van der Waals surface area contributed by atoms with Crippen molar-refractivity contribution in [1.82, 2.24) is 10.6 Å². The summed E-state index contributed by atoms with van der Waals surface area (Å²) in [5, 5.41) is 14.1. The number of hydrogen-bond acceptors (Lipinski definition) is 3. The molecule has 2 atom stereocenters. The molecular weight excluding hydrogens is 260 g/mol. The lowest BCUT2D eigenvalue weighted by molar-refractivity contribution is -0.143. The predicted octanol–water partition coefficient (Wildman–Crippen LogP) is 0.907. The summed E-state index contributed by atoms with van der Waals surface area (Å²) in [4.78, 5) is 34.9. The molecule has 0 aromatic carbocycles. The minimum atomic E-state index is -1.07. The monoisotopic (exact) mass is 284 g/mol. The Morgan fingerprint density at radius 2 is 1.60 bits per heavy atom. The average Bonchev–Trinajstić information content (AvgIpc) is 2.88. The van der Waals surface area contributed by atoms with Gasteiger partial charge >= 0.3 is 5.97 Å². The number of amides is 2. The van der Waals surface area contributed by atoms with Gasteiger partial charge in [0.05, 0.1) is 0 Å². The smallest absolute Gasteiger partial charge is 0.326 e. The molecule has 1 aliphatic carbocycles. The molecule has 0 saturated heterocycles. The first-order chi connectivity index (χ1) is 9.32. The van der Waals surface area contributed by atoms with Crippen LogP contribution in [0.15, 0.2) is 0 Å². The third-order valence-corrected chi connectivity index (χ3v) is 3.71. The van der Waals surface area contributed by atoms with Crippen molar-refractivity contribution in [2.45, 2.75) is 58.5 Å². The van der Waals surface area contributed by atoms with Crippen LogP contribution in [0.25, 0.3) is 0 Å². The Bertz CT molecular complexity index is 375. The summed E-state index contributed by atoms with van der Waals surface area (Å²) in [6.07, 6.45) is 3.83. The predicted molar refractivity (Wildman–Crippen MR) is 74.0 cm³/mol. The molecule has 1 rings (SSSR count). The Kier molecular flexibility index (Phi) is 5.98. The molecule has 6 heteroatoms. The summed E-state index contributed by atoms with van der Waals surface area (Å²) in [5.74, 6) is -1.86. The van der Waals surface area contributed by atoms with E-state index in [9.17, 15) is 14.4 Å². The molecule has 1 aliphatic rings. The lowest BCUT2D eigenvalue weighted by atomic mass is 10.0. The van der Waals surface area contributed by atoms with Crippen molar-refractivity contribution < 1.29 is 19.5 Å². The van der Waals surface area contributed by atoms with Crippen LogP contribution in [0.4, 0.5) is 0 Å². The lowest BCUT2D eigenvalue weighted by Crippen LogP contribution is -2.52. The van der Waals surface area contributed by atoms with Gasteiger partial charge in [-0.1, -0.05) is 26.7 Å². The lowest BCUT2D eigenvalue weighted by Gasteiger charge is -2.22. The number of carboxylic acid groups (broad SMARTS) is 1. The minimum absolute atomic E-state index is 0.00869. The molecule has 6 nitrogen and oxygen atoms in total. The topological polar surface area (TPSA) is 95.5 Å². The van der Waals surface area contributed by atoms with E-state index in [1.54, 1.807) is 20.8 Å². The fourth-order valence-corrected chi connectivity index (χ4v) is 2.38. The molecule has 0 aromatic rings. The summed E-state index contributed by atoms with van der Waals surface area (Å²) in [6, 6.07) is -1.66. The third-order valence-electron chi connectivity index (χ3n) is 3.71. The second-order valence-corrected chi connectivity index (χ2v) is 5.78. The summed E-state index contributed by atoms with van der Waals surface area (Å²) in [5.41, 5.74) is 0. The first-order valence-corrected chi connectivity index (χ1v) is 7.16. The highest BCUT2D eigenvalue weighted by Gasteiger charge is 2.28. The van der Waals surface area contributed by atoms with Gasteiger partial charge in [0.2, 0.25) is 11.8 Å². The van der Waals surface area contributed by atoms with Gasteiger partial charge in [0.25, 0.3) is 0 Å². The fourth-order valence-electron chi connectivity index (χ4n) is 2.38. The van der Waals surface area contributed by atoms with Gasteiger partial charge in [0, 0.05) is 5.92 Å². The van der Waals surface area contributed by atoms with E-state index >= 15 is 0 Å². The normalized spacial score (nSPS) is 18.6. The van der Waals surface area contributed by atoms with Gasteiger partial charge < -0.3 is 15.7 Å². The summed E-state index contributed by atoms with van der Waals surface area (Å²) < 4.78 is 0. The maximum absolute atomic E-state index is 11.9. The molecular formula is C14H24N2O4. The van der Waals surface area contributed by atoms with E-state index in [2.05, 4.69) is 10.6 Å². The van der Waals surface area contributed by atoms with Crippen LogP contribution in [0.2, 0.25) is 0 Å². The molecule has 0 radical (unpaired) electrons. The summed E-state index contributed by atoms with van der Waals surface area (Å²) >= 11 is 0. The Balaban J connectivity index is 2.49. The quantitative estimate of drug-likeness (QED) is 0.675. The van der Waals surface area contributed by atoms with E-state index < -0.39 is 24.0 Å². The Morgan fingerprint density at radius 1 is 1.05 bits per heavy atom. The van der Waals surface area contributed by atoms with Crippen LogP contribution in [0.1, 0.15) is 46.5 Å². The Morgan fingerprint density at radius 3 is 2.05 bits per heavy atom. The second-order valence-electron chi connectivity index (χ2n) is 5.78. The van der Waals surface area contributed by atoms with E-state index in [-0.39, 0.29) is 17.7 Å². The van der Waals surface area contributed by atoms with Crippen molar-refractivity contribution in [2.24, 2.45) is 11.8 Å². The first-order valence-electron chi connectivity index (χ1n) is 7.16. The summed E-state index contributed by atoms with van der Waals surface area (Å²) in [6.45, 7) is 5.02. The SMILES string of the molecule is CC(NC(=O)C1CCCC1)C(=O)N[C@H](C(=O)O)C(C)C. The van der Waals surface area contributed by atoms with Crippen molar-refractivity contribution in [3.63, 3.8) is 0 Å². The van der Waals surface area contributed by atoms with Gasteiger partial charge in [-0.3, -0.25) is 9.59 Å². The van der Waals surface area contributed by atoms with Crippen molar-refractivity contribution in [3.05, 3.63) is 0 Å². The zero-order chi connectivity index (χ0) is 15.3. The highest BCUT2D eigenvalue weighted by atomic mass is 16.4. The third kappa shape index (κ3) is 4.51. The van der Waals surface area contributed by atoms with Gasteiger partial charge in [-0.25, -0.2) is 4.79 Å². The van der Waals surface area contributed by atoms with Crippen LogP contribution in [0, 0.1) is 11.8 Å². The maximum atomic E-state index is 11.9.